The summed E-state index contributed by atoms with van der Waals surface area (Å²) in [7, 11) is 0. The minimum atomic E-state index is 0.217. The van der Waals surface area contributed by atoms with E-state index in [9.17, 15) is 0 Å². The minimum absolute atomic E-state index is 0.217. The van der Waals surface area contributed by atoms with E-state index < -0.39 is 0 Å². The number of rotatable bonds is 5. The van der Waals surface area contributed by atoms with Gasteiger partial charge in [-0.3, -0.25) is 0 Å². The number of fused-ring (bicyclic) bond motifs is 1. The van der Waals surface area contributed by atoms with E-state index in [1.807, 2.05) is 11.8 Å². The molecule has 1 atom stereocenters. The molecule has 21 heavy (non-hydrogen) atoms. The smallest absolute Gasteiger partial charge is 0.0174 e. The number of nitrogens with two attached hydrogens (primary N) is 1. The topological polar surface area (TPSA) is 26.0 Å². The Hall–Kier alpha value is -1.25. The summed E-state index contributed by atoms with van der Waals surface area (Å²) in [4.78, 5) is 1.35. The van der Waals surface area contributed by atoms with Crippen LogP contribution in [0.4, 0.5) is 0 Å². The van der Waals surface area contributed by atoms with Crippen LogP contribution in [0.1, 0.15) is 28.7 Å². The van der Waals surface area contributed by atoms with Gasteiger partial charge in [0.15, 0.2) is 0 Å². The first-order valence-corrected chi connectivity index (χ1v) is 8.75. The lowest BCUT2D eigenvalue weighted by molar-refractivity contribution is 0.747. The summed E-state index contributed by atoms with van der Waals surface area (Å²) in [5.41, 5.74) is 12.2. The van der Waals surface area contributed by atoms with Crippen LogP contribution < -0.4 is 5.73 Å². The maximum atomic E-state index is 6.33. The van der Waals surface area contributed by atoms with E-state index in [2.05, 4.69) is 49.4 Å². The van der Waals surface area contributed by atoms with Crippen LogP contribution in [-0.4, -0.2) is 11.8 Å². The molecule has 0 saturated heterocycles. The highest BCUT2D eigenvalue weighted by Gasteiger charge is 2.12. The molecule has 2 heteroatoms. The maximum Gasteiger partial charge on any atom is 0.0174 e. The fourth-order valence-corrected chi connectivity index (χ4v) is 4.01. The standard InChI is InChI=1S/C19H23NS/c1-14-5-2-3-8-19(14)21-13-18(20)12-15-9-10-16-6-4-7-17(16)11-15/h2-3,5,8-11,18H,4,6-7,12-13,20H2,1H3. The SMILES string of the molecule is Cc1ccccc1SCC(N)Cc1ccc2c(c1)CCC2. The number of hydrogen-bond donors (Lipinski definition) is 1. The molecule has 110 valence electrons. The molecule has 1 aliphatic rings. The van der Waals surface area contributed by atoms with Gasteiger partial charge in [-0.1, -0.05) is 36.4 Å². The third-order valence-corrected chi connectivity index (χ3v) is 5.57. The van der Waals surface area contributed by atoms with Crippen LogP contribution in [0.25, 0.3) is 0 Å². The summed E-state index contributed by atoms with van der Waals surface area (Å²) in [6, 6.07) is 15.7. The van der Waals surface area contributed by atoms with E-state index in [0.29, 0.717) is 0 Å². The molecular formula is C19H23NS. The highest BCUT2D eigenvalue weighted by atomic mass is 32.2. The zero-order valence-electron chi connectivity index (χ0n) is 12.6. The molecule has 0 fully saturated rings. The Morgan fingerprint density at radius 1 is 1.10 bits per heavy atom. The first kappa shape index (κ1) is 14.7. The Morgan fingerprint density at radius 2 is 1.90 bits per heavy atom. The highest BCUT2D eigenvalue weighted by Crippen LogP contribution is 2.25. The molecule has 0 bridgehead atoms. The van der Waals surface area contributed by atoms with Gasteiger partial charge in [-0.15, -0.1) is 11.8 Å². The average molecular weight is 297 g/mol. The molecule has 0 heterocycles. The molecule has 1 nitrogen and oxygen atoms in total. The van der Waals surface area contributed by atoms with Gasteiger partial charge in [0.05, 0.1) is 0 Å². The van der Waals surface area contributed by atoms with Gasteiger partial charge in [-0.05, 0) is 60.9 Å². The van der Waals surface area contributed by atoms with Crippen molar-refractivity contribution in [2.75, 3.05) is 5.75 Å². The lowest BCUT2D eigenvalue weighted by Gasteiger charge is -2.13. The van der Waals surface area contributed by atoms with Gasteiger partial charge in [0.25, 0.3) is 0 Å². The molecule has 0 radical (unpaired) electrons. The molecule has 1 unspecified atom stereocenters. The van der Waals surface area contributed by atoms with Crippen LogP contribution in [0.5, 0.6) is 0 Å². The van der Waals surface area contributed by atoms with Gasteiger partial charge >= 0.3 is 0 Å². The van der Waals surface area contributed by atoms with Crippen LogP contribution in [0.15, 0.2) is 47.4 Å². The van der Waals surface area contributed by atoms with Crippen molar-refractivity contribution < 1.29 is 0 Å². The molecule has 0 spiro atoms. The Kier molecular flexibility index (Phi) is 4.67. The van der Waals surface area contributed by atoms with Crippen molar-refractivity contribution in [1.29, 1.82) is 0 Å². The van der Waals surface area contributed by atoms with Crippen molar-refractivity contribution >= 4 is 11.8 Å². The van der Waals surface area contributed by atoms with Crippen LogP contribution in [-0.2, 0) is 19.3 Å². The van der Waals surface area contributed by atoms with Gasteiger partial charge in [0.1, 0.15) is 0 Å². The third kappa shape index (κ3) is 3.69. The monoisotopic (exact) mass is 297 g/mol. The molecular weight excluding hydrogens is 274 g/mol. The Morgan fingerprint density at radius 3 is 2.76 bits per heavy atom. The van der Waals surface area contributed by atoms with Gasteiger partial charge in [-0.2, -0.15) is 0 Å². The molecule has 3 rings (SSSR count). The molecule has 0 aromatic heterocycles. The van der Waals surface area contributed by atoms with E-state index in [1.54, 1.807) is 11.1 Å². The number of aryl methyl sites for hydroxylation is 3. The second kappa shape index (κ2) is 6.67. The summed E-state index contributed by atoms with van der Waals surface area (Å²) in [6.07, 6.45) is 4.79. The number of benzene rings is 2. The quantitative estimate of drug-likeness (QED) is 0.839. The highest BCUT2D eigenvalue weighted by molar-refractivity contribution is 7.99. The average Bonchev–Trinajstić information content (AvgIpc) is 2.94. The molecule has 0 aliphatic heterocycles. The Labute approximate surface area is 132 Å². The maximum absolute atomic E-state index is 6.33. The second-order valence-electron chi connectivity index (χ2n) is 6.00. The predicted molar refractivity (Wildman–Crippen MR) is 92.0 cm³/mol. The van der Waals surface area contributed by atoms with Crippen molar-refractivity contribution in [2.24, 2.45) is 5.73 Å². The van der Waals surface area contributed by atoms with Crippen molar-refractivity contribution in [3.05, 3.63) is 64.7 Å². The van der Waals surface area contributed by atoms with Crippen LogP contribution in [0.3, 0.4) is 0 Å². The Bertz CT molecular complexity index is 621. The molecule has 0 amide bonds. The largest absolute Gasteiger partial charge is 0.327 e. The summed E-state index contributed by atoms with van der Waals surface area (Å²) in [5, 5.41) is 0. The van der Waals surface area contributed by atoms with Crippen molar-refractivity contribution in [1.82, 2.24) is 0 Å². The van der Waals surface area contributed by atoms with Gasteiger partial charge in [0, 0.05) is 16.7 Å². The van der Waals surface area contributed by atoms with Crippen molar-refractivity contribution in [3.8, 4) is 0 Å². The summed E-state index contributed by atoms with van der Waals surface area (Å²) in [6.45, 7) is 2.16. The zero-order chi connectivity index (χ0) is 14.7. The number of thioether (sulfide) groups is 1. The van der Waals surface area contributed by atoms with Crippen LogP contribution >= 0.6 is 11.8 Å². The Balaban J connectivity index is 1.57. The zero-order valence-corrected chi connectivity index (χ0v) is 13.5. The van der Waals surface area contributed by atoms with E-state index in [-0.39, 0.29) is 6.04 Å². The molecule has 0 saturated carbocycles. The molecule has 1 aliphatic carbocycles. The fraction of sp³-hybridized carbons (Fsp3) is 0.368. The second-order valence-corrected chi connectivity index (χ2v) is 7.06. The van der Waals surface area contributed by atoms with Crippen molar-refractivity contribution in [2.45, 2.75) is 43.5 Å². The van der Waals surface area contributed by atoms with Crippen LogP contribution in [0, 0.1) is 6.92 Å². The first-order chi connectivity index (χ1) is 10.2. The molecule has 2 N–H and O–H groups in total. The normalized spacial score (nSPS) is 15.0. The van der Waals surface area contributed by atoms with Crippen molar-refractivity contribution in [3.63, 3.8) is 0 Å². The van der Waals surface area contributed by atoms with Gasteiger partial charge in [-0.25, -0.2) is 0 Å². The predicted octanol–water partition coefficient (Wildman–Crippen LogP) is 4.15. The molecule has 2 aromatic rings. The van der Waals surface area contributed by atoms with Gasteiger partial charge in [0.2, 0.25) is 0 Å². The van der Waals surface area contributed by atoms with E-state index >= 15 is 0 Å². The lowest BCUT2D eigenvalue weighted by atomic mass is 10.0. The van der Waals surface area contributed by atoms with Crippen LogP contribution in [0.2, 0.25) is 0 Å². The lowest BCUT2D eigenvalue weighted by Crippen LogP contribution is -2.25. The fourth-order valence-electron chi connectivity index (χ4n) is 3.03. The number of hydrogen-bond acceptors (Lipinski definition) is 2. The van der Waals surface area contributed by atoms with E-state index in [1.165, 1.54) is 35.3 Å². The molecule has 2 aromatic carbocycles. The first-order valence-electron chi connectivity index (χ1n) is 7.77. The van der Waals surface area contributed by atoms with E-state index in [4.69, 9.17) is 5.73 Å². The van der Waals surface area contributed by atoms with E-state index in [0.717, 1.165) is 12.2 Å². The van der Waals surface area contributed by atoms with Gasteiger partial charge < -0.3 is 5.73 Å². The third-order valence-electron chi connectivity index (χ3n) is 4.21. The summed E-state index contributed by atoms with van der Waals surface area (Å²) < 4.78 is 0. The minimum Gasteiger partial charge on any atom is -0.327 e. The summed E-state index contributed by atoms with van der Waals surface area (Å²) in [5.74, 6) is 0.974. The summed E-state index contributed by atoms with van der Waals surface area (Å²) >= 11 is 1.87.